The molecular weight excluding hydrogens is 552 g/mol. The summed E-state index contributed by atoms with van der Waals surface area (Å²) < 4.78 is 24.5. The van der Waals surface area contributed by atoms with Gasteiger partial charge in [-0.2, -0.15) is 0 Å². The van der Waals surface area contributed by atoms with Crippen LogP contribution in [0.5, 0.6) is 28.7 Å². The molecule has 0 saturated carbocycles. The van der Waals surface area contributed by atoms with Gasteiger partial charge in [-0.15, -0.1) is 0 Å². The lowest BCUT2D eigenvalue weighted by molar-refractivity contribution is -0.116. The van der Waals surface area contributed by atoms with Gasteiger partial charge in [-0.25, -0.2) is 0 Å². The molecule has 10 heteroatoms. The monoisotopic (exact) mass is 598 g/mol. The summed E-state index contributed by atoms with van der Waals surface area (Å²) in [7, 11) is 4.41. The first-order chi connectivity index (χ1) is 19.6. The zero-order valence-corrected chi connectivity index (χ0v) is 27.7. The molecule has 2 bridgehead atoms. The Morgan fingerprint density at radius 2 is 1.60 bits per heavy atom. The highest BCUT2D eigenvalue weighted by molar-refractivity contribution is 6.74. The first-order valence-corrected chi connectivity index (χ1v) is 17.4. The minimum Gasteiger partial charge on any atom is -0.543 e. The van der Waals surface area contributed by atoms with Crippen molar-refractivity contribution in [1.82, 2.24) is 9.80 Å². The van der Waals surface area contributed by atoms with E-state index in [4.69, 9.17) is 18.6 Å². The van der Waals surface area contributed by atoms with Crippen molar-refractivity contribution in [3.63, 3.8) is 0 Å². The molecule has 9 nitrogen and oxygen atoms in total. The van der Waals surface area contributed by atoms with Crippen LogP contribution >= 0.6 is 0 Å². The molecule has 1 fully saturated rings. The maximum absolute atomic E-state index is 11.9. The molecule has 3 heterocycles. The van der Waals surface area contributed by atoms with E-state index in [2.05, 4.69) is 38.8 Å². The van der Waals surface area contributed by atoms with Crippen molar-refractivity contribution in [3.8, 4) is 28.7 Å². The summed E-state index contributed by atoms with van der Waals surface area (Å²) in [5.41, 5.74) is 5.66. The summed E-state index contributed by atoms with van der Waals surface area (Å²) >= 11 is 0. The zero-order chi connectivity index (χ0) is 31.0. The van der Waals surface area contributed by atoms with Gasteiger partial charge in [0.2, 0.25) is 0 Å². The molecule has 0 aliphatic carbocycles. The second-order valence-corrected chi connectivity index (χ2v) is 18.0. The highest BCUT2D eigenvalue weighted by Gasteiger charge is 2.53. The van der Waals surface area contributed by atoms with E-state index in [1.807, 2.05) is 37.9 Å². The lowest BCUT2D eigenvalue weighted by atomic mass is 9.77. The van der Waals surface area contributed by atoms with Gasteiger partial charge >= 0.3 is 0 Å². The molecule has 0 unspecified atom stereocenters. The van der Waals surface area contributed by atoms with Crippen molar-refractivity contribution in [3.05, 3.63) is 45.1 Å². The number of benzene rings is 2. The largest absolute Gasteiger partial charge is 0.543 e. The van der Waals surface area contributed by atoms with Crippen LogP contribution in [-0.2, 0) is 6.42 Å². The van der Waals surface area contributed by atoms with E-state index in [0.717, 1.165) is 33.5 Å². The van der Waals surface area contributed by atoms with Gasteiger partial charge in [-0.3, -0.25) is 4.90 Å². The van der Waals surface area contributed by atoms with Crippen LogP contribution in [0.1, 0.15) is 66.2 Å². The minimum atomic E-state index is -2.33. The van der Waals surface area contributed by atoms with Gasteiger partial charge in [-0.1, -0.05) is 26.8 Å². The van der Waals surface area contributed by atoms with E-state index in [0.29, 0.717) is 35.0 Å². The first-order valence-electron chi connectivity index (χ1n) is 14.5. The van der Waals surface area contributed by atoms with Crippen LogP contribution < -0.4 is 18.6 Å². The van der Waals surface area contributed by atoms with Crippen molar-refractivity contribution >= 4 is 14.4 Å². The Hall–Kier alpha value is -2.92. The smallest absolute Gasteiger partial charge is 0.250 e. The highest BCUT2D eigenvalue weighted by atomic mass is 28.4. The van der Waals surface area contributed by atoms with Gasteiger partial charge < -0.3 is 38.9 Å². The lowest BCUT2D eigenvalue weighted by Gasteiger charge is -2.57. The van der Waals surface area contributed by atoms with Gasteiger partial charge in [0.1, 0.15) is 12.0 Å². The van der Waals surface area contributed by atoms with Crippen molar-refractivity contribution < 1.29 is 34.0 Å². The van der Waals surface area contributed by atoms with Gasteiger partial charge in [0.25, 0.3) is 8.32 Å². The van der Waals surface area contributed by atoms with Crippen LogP contribution in [0, 0.1) is 13.8 Å². The van der Waals surface area contributed by atoms with E-state index in [9.17, 15) is 15.3 Å². The Kier molecular flexibility index (Phi) is 7.53. The zero-order valence-electron chi connectivity index (χ0n) is 26.7. The Balaban J connectivity index is 1.86. The maximum Gasteiger partial charge on any atom is 0.250 e. The second-order valence-electron chi connectivity index (χ2n) is 13.3. The number of rotatable bonds is 6. The first kappa shape index (κ1) is 30.5. The van der Waals surface area contributed by atoms with Crippen LogP contribution in [-0.4, -0.2) is 80.7 Å². The third-order valence-corrected chi connectivity index (χ3v) is 14.3. The number of hydrogen-bond acceptors (Lipinski definition) is 9. The summed E-state index contributed by atoms with van der Waals surface area (Å²) in [6.45, 7) is 14.6. The Morgan fingerprint density at radius 1 is 0.976 bits per heavy atom. The summed E-state index contributed by atoms with van der Waals surface area (Å²) in [6, 6.07) is 0.737. The fourth-order valence-electron chi connectivity index (χ4n) is 6.80. The molecule has 0 amide bonds. The quantitative estimate of drug-likeness (QED) is 0.395. The van der Waals surface area contributed by atoms with Gasteiger partial charge in [0, 0.05) is 28.0 Å². The molecule has 3 aliphatic heterocycles. The SMILES string of the molecule is COc1c(C)cc2c(c1O)[C@@H]1C3=Cc4c(O[Si](C)(C)C(C)(C)C)c(C)c(OC)c(OC)c4[C@H](CO)N3[C@@H](O)[C@H](C2)N1C. The number of aliphatic hydroxyl groups excluding tert-OH is 2. The van der Waals surface area contributed by atoms with E-state index in [1.165, 1.54) is 0 Å². The van der Waals surface area contributed by atoms with Crippen LogP contribution in [0.4, 0.5) is 0 Å². The fourth-order valence-corrected chi connectivity index (χ4v) is 7.88. The molecule has 0 radical (unpaired) electrons. The predicted octanol–water partition coefficient (Wildman–Crippen LogP) is 5.04. The summed E-state index contributed by atoms with van der Waals surface area (Å²) in [5.74, 6) is 2.30. The topological polar surface area (TPSA) is 104 Å². The predicted molar refractivity (Wildman–Crippen MR) is 165 cm³/mol. The summed E-state index contributed by atoms with van der Waals surface area (Å²) in [5, 5.41) is 34.4. The second kappa shape index (κ2) is 10.4. The van der Waals surface area contributed by atoms with E-state index in [-0.39, 0.29) is 23.4 Å². The molecule has 0 aromatic heterocycles. The number of phenolic OH excluding ortho intramolecular Hbond substituents is 1. The molecule has 230 valence electrons. The third-order valence-electron chi connectivity index (χ3n) is 9.98. The molecular formula is C32H46N2O7Si. The number of ether oxygens (including phenoxy) is 3. The van der Waals surface area contributed by atoms with Crippen molar-refractivity contribution in [2.24, 2.45) is 0 Å². The molecule has 0 spiro atoms. The molecule has 2 aromatic rings. The average Bonchev–Trinajstić information content (AvgIpc) is 2.91. The maximum atomic E-state index is 11.9. The molecule has 3 N–H and O–H groups in total. The fraction of sp³-hybridized carbons (Fsp3) is 0.562. The van der Waals surface area contributed by atoms with Crippen LogP contribution in [0.15, 0.2) is 11.8 Å². The molecule has 5 rings (SSSR count). The number of aromatic hydroxyl groups is 1. The number of aryl methyl sites for hydroxylation is 1. The van der Waals surface area contributed by atoms with Crippen LogP contribution in [0.25, 0.3) is 6.08 Å². The standard InChI is InChI=1S/C32H46N2O7Si/c1-16-12-18-13-21-31(37)34-20(25(33(21)6)23(18)26(36)27(16)38-7)14-19-24(22(34)15-35)30(40-9)29(39-8)17(2)28(19)41-42(10,11)32(3,4)5/h12,14,21-22,25,31,35-37H,13,15H2,1-11H3/t21-,22-,25-,31-/m0/s1. The van der Waals surface area contributed by atoms with Gasteiger partial charge in [0.15, 0.2) is 23.0 Å². The molecule has 42 heavy (non-hydrogen) atoms. The third kappa shape index (κ3) is 4.21. The average molecular weight is 599 g/mol. The van der Waals surface area contributed by atoms with E-state index in [1.54, 1.807) is 21.3 Å². The Bertz CT molecular complexity index is 1450. The Labute approximate surface area is 250 Å². The van der Waals surface area contributed by atoms with Crippen molar-refractivity contribution in [2.75, 3.05) is 35.0 Å². The summed E-state index contributed by atoms with van der Waals surface area (Å²) in [6.07, 6.45) is 1.65. The van der Waals surface area contributed by atoms with Crippen molar-refractivity contribution in [2.45, 2.75) is 83.5 Å². The number of nitrogens with zero attached hydrogens (tertiary/aromatic N) is 2. The van der Waals surface area contributed by atoms with Crippen LogP contribution in [0.3, 0.4) is 0 Å². The van der Waals surface area contributed by atoms with Crippen molar-refractivity contribution in [1.29, 1.82) is 0 Å². The number of aliphatic hydroxyl groups is 2. The minimum absolute atomic E-state index is 0.0688. The van der Waals surface area contributed by atoms with E-state index < -0.39 is 26.6 Å². The highest BCUT2D eigenvalue weighted by Crippen LogP contribution is 2.58. The molecule has 3 aliphatic rings. The lowest BCUT2D eigenvalue weighted by Crippen LogP contribution is -2.62. The Morgan fingerprint density at radius 3 is 2.14 bits per heavy atom. The van der Waals surface area contributed by atoms with Gasteiger partial charge in [0.05, 0.1) is 46.1 Å². The number of fused-ring (bicyclic) bond motifs is 7. The summed E-state index contributed by atoms with van der Waals surface area (Å²) in [4.78, 5) is 4.00. The van der Waals surface area contributed by atoms with E-state index >= 15 is 0 Å². The van der Waals surface area contributed by atoms with Crippen LogP contribution in [0.2, 0.25) is 18.1 Å². The normalized spacial score (nSPS) is 23.5. The van der Waals surface area contributed by atoms with Gasteiger partial charge in [-0.05, 0) is 62.7 Å². The number of phenols is 1. The number of hydrogen-bond donors (Lipinski definition) is 3. The number of piperazine rings is 1. The molecule has 4 atom stereocenters. The molecule has 1 saturated heterocycles. The molecule has 2 aromatic carbocycles. The number of likely N-dealkylation sites (N-methyl/N-ethyl adjacent to an activating group) is 1. The number of methoxy groups -OCH3 is 3.